The molecule has 142 valence electrons. The Labute approximate surface area is 163 Å². The Morgan fingerprint density at radius 2 is 1.85 bits per heavy atom. The van der Waals surface area contributed by atoms with Gasteiger partial charge in [-0.2, -0.15) is 0 Å². The standard InChI is InChI=1S/C20H24N4O2S/c21-11-19(25)23-16-10-18(22-12-16)20(26)24-15-6-8-17(9-7-15)27-13-14-4-2-1-3-5-14/h1-9,16,18,22H,10-13,21H2,(H,23,25)(H,24,26). The van der Waals surface area contributed by atoms with Crippen LogP contribution in [0.3, 0.4) is 0 Å². The van der Waals surface area contributed by atoms with E-state index in [1.807, 2.05) is 42.5 Å². The third-order valence-electron chi connectivity index (χ3n) is 4.37. The van der Waals surface area contributed by atoms with Gasteiger partial charge in [-0.1, -0.05) is 30.3 Å². The van der Waals surface area contributed by atoms with Gasteiger partial charge in [-0.05, 0) is 36.2 Å². The highest BCUT2D eigenvalue weighted by atomic mass is 32.2. The van der Waals surface area contributed by atoms with Crippen LogP contribution in [0.5, 0.6) is 0 Å². The van der Waals surface area contributed by atoms with E-state index in [1.165, 1.54) is 5.56 Å². The lowest BCUT2D eigenvalue weighted by Crippen LogP contribution is -2.39. The second-order valence-electron chi connectivity index (χ2n) is 6.45. The van der Waals surface area contributed by atoms with Gasteiger partial charge in [0.1, 0.15) is 0 Å². The van der Waals surface area contributed by atoms with Crippen molar-refractivity contribution in [2.75, 3.05) is 18.4 Å². The summed E-state index contributed by atoms with van der Waals surface area (Å²) in [5.74, 6) is 0.615. The van der Waals surface area contributed by atoms with Crippen molar-refractivity contribution in [3.8, 4) is 0 Å². The molecule has 0 saturated carbocycles. The summed E-state index contributed by atoms with van der Waals surface area (Å²) in [6.45, 7) is 0.529. The smallest absolute Gasteiger partial charge is 0.241 e. The number of nitrogens with one attached hydrogen (secondary N) is 3. The van der Waals surface area contributed by atoms with Crippen LogP contribution < -0.4 is 21.7 Å². The zero-order chi connectivity index (χ0) is 19.1. The van der Waals surface area contributed by atoms with Crippen molar-refractivity contribution in [1.82, 2.24) is 10.6 Å². The highest BCUT2D eigenvalue weighted by Gasteiger charge is 2.30. The number of thioether (sulfide) groups is 1. The summed E-state index contributed by atoms with van der Waals surface area (Å²) in [7, 11) is 0. The molecule has 1 aliphatic rings. The molecule has 0 aromatic heterocycles. The van der Waals surface area contributed by atoms with Crippen LogP contribution in [0.1, 0.15) is 12.0 Å². The van der Waals surface area contributed by atoms with Gasteiger partial charge in [-0.15, -0.1) is 11.8 Å². The molecular weight excluding hydrogens is 360 g/mol. The molecule has 7 heteroatoms. The summed E-state index contributed by atoms with van der Waals surface area (Å²) in [5.41, 5.74) is 7.35. The fourth-order valence-electron chi connectivity index (χ4n) is 2.94. The summed E-state index contributed by atoms with van der Waals surface area (Å²) < 4.78 is 0. The maximum Gasteiger partial charge on any atom is 0.241 e. The fourth-order valence-corrected chi connectivity index (χ4v) is 3.79. The summed E-state index contributed by atoms with van der Waals surface area (Å²) >= 11 is 1.76. The maximum absolute atomic E-state index is 12.4. The molecule has 0 radical (unpaired) electrons. The minimum Gasteiger partial charge on any atom is -0.351 e. The van der Waals surface area contributed by atoms with Crippen molar-refractivity contribution >= 4 is 29.3 Å². The topological polar surface area (TPSA) is 96.2 Å². The van der Waals surface area contributed by atoms with E-state index in [2.05, 4.69) is 28.1 Å². The normalized spacial score (nSPS) is 18.9. The van der Waals surface area contributed by atoms with E-state index in [9.17, 15) is 9.59 Å². The van der Waals surface area contributed by atoms with Crippen molar-refractivity contribution in [2.24, 2.45) is 5.73 Å². The first kappa shape index (κ1) is 19.4. The first-order valence-electron chi connectivity index (χ1n) is 8.94. The number of amides is 2. The highest BCUT2D eigenvalue weighted by Crippen LogP contribution is 2.24. The molecular formula is C20H24N4O2S. The molecule has 2 aromatic rings. The Balaban J connectivity index is 1.46. The number of hydrogen-bond donors (Lipinski definition) is 4. The van der Waals surface area contributed by atoms with E-state index < -0.39 is 0 Å². The number of rotatable bonds is 7. The van der Waals surface area contributed by atoms with Crippen LogP contribution in [-0.2, 0) is 15.3 Å². The molecule has 0 spiro atoms. The lowest BCUT2D eigenvalue weighted by molar-refractivity contribution is -0.121. The summed E-state index contributed by atoms with van der Waals surface area (Å²) in [5, 5.41) is 8.86. The Kier molecular flexibility index (Phi) is 6.86. The Morgan fingerprint density at radius 1 is 1.11 bits per heavy atom. The van der Waals surface area contributed by atoms with Gasteiger partial charge in [0.25, 0.3) is 0 Å². The third-order valence-corrected chi connectivity index (χ3v) is 5.45. The van der Waals surface area contributed by atoms with Gasteiger partial charge in [-0.3, -0.25) is 9.59 Å². The van der Waals surface area contributed by atoms with Crippen molar-refractivity contribution in [3.63, 3.8) is 0 Å². The van der Waals surface area contributed by atoms with Gasteiger partial charge < -0.3 is 21.7 Å². The van der Waals surface area contributed by atoms with Crippen LogP contribution in [0.25, 0.3) is 0 Å². The minimum atomic E-state index is -0.319. The second kappa shape index (κ2) is 9.55. The number of carbonyl (C=O) groups is 2. The van der Waals surface area contributed by atoms with Crippen LogP contribution in [-0.4, -0.2) is 37.0 Å². The van der Waals surface area contributed by atoms with Crippen LogP contribution >= 0.6 is 11.8 Å². The van der Waals surface area contributed by atoms with E-state index in [0.717, 1.165) is 16.3 Å². The zero-order valence-corrected chi connectivity index (χ0v) is 15.8. The van der Waals surface area contributed by atoms with Gasteiger partial charge in [0.15, 0.2) is 0 Å². The quantitative estimate of drug-likeness (QED) is 0.545. The zero-order valence-electron chi connectivity index (χ0n) is 15.0. The van der Waals surface area contributed by atoms with Crippen LogP contribution in [0, 0.1) is 0 Å². The highest BCUT2D eigenvalue weighted by molar-refractivity contribution is 7.98. The first-order valence-corrected chi connectivity index (χ1v) is 9.93. The lowest BCUT2D eigenvalue weighted by Gasteiger charge is -2.12. The number of hydrogen-bond acceptors (Lipinski definition) is 5. The molecule has 2 aromatic carbocycles. The summed E-state index contributed by atoms with van der Waals surface area (Å²) in [6, 6.07) is 17.8. The predicted octanol–water partition coefficient (Wildman–Crippen LogP) is 1.72. The first-order chi connectivity index (χ1) is 13.1. The molecule has 1 fully saturated rings. The monoisotopic (exact) mass is 384 g/mol. The molecule has 0 bridgehead atoms. The van der Waals surface area contributed by atoms with Gasteiger partial charge >= 0.3 is 0 Å². The molecule has 2 unspecified atom stereocenters. The van der Waals surface area contributed by atoms with Crippen LogP contribution in [0.15, 0.2) is 59.5 Å². The Morgan fingerprint density at radius 3 is 2.56 bits per heavy atom. The van der Waals surface area contributed by atoms with Crippen molar-refractivity contribution in [2.45, 2.75) is 29.2 Å². The van der Waals surface area contributed by atoms with Gasteiger partial charge in [-0.25, -0.2) is 0 Å². The average molecular weight is 385 g/mol. The van der Waals surface area contributed by atoms with Gasteiger partial charge in [0.05, 0.1) is 12.6 Å². The molecule has 5 N–H and O–H groups in total. The molecule has 1 aliphatic heterocycles. The fraction of sp³-hybridized carbons (Fsp3) is 0.300. The summed E-state index contributed by atoms with van der Waals surface area (Å²) in [6.07, 6.45) is 0.558. The van der Waals surface area contributed by atoms with E-state index >= 15 is 0 Å². The molecule has 0 aliphatic carbocycles. The minimum absolute atomic E-state index is 0.0397. The van der Waals surface area contributed by atoms with Crippen LogP contribution in [0.2, 0.25) is 0 Å². The maximum atomic E-state index is 12.4. The average Bonchev–Trinajstić information content (AvgIpc) is 3.17. The molecule has 1 saturated heterocycles. The van der Waals surface area contributed by atoms with E-state index in [0.29, 0.717) is 13.0 Å². The van der Waals surface area contributed by atoms with E-state index in [-0.39, 0.29) is 30.4 Å². The molecule has 1 heterocycles. The van der Waals surface area contributed by atoms with Crippen molar-refractivity contribution < 1.29 is 9.59 Å². The Hall–Kier alpha value is -2.35. The van der Waals surface area contributed by atoms with Crippen molar-refractivity contribution in [3.05, 3.63) is 60.2 Å². The van der Waals surface area contributed by atoms with Crippen LogP contribution in [0.4, 0.5) is 5.69 Å². The second-order valence-corrected chi connectivity index (χ2v) is 7.50. The molecule has 27 heavy (non-hydrogen) atoms. The molecule has 2 amide bonds. The SMILES string of the molecule is NCC(=O)NC1CNC(C(=O)Nc2ccc(SCc3ccccc3)cc2)C1. The van der Waals surface area contributed by atoms with Gasteiger partial charge in [0, 0.05) is 28.9 Å². The number of nitrogens with two attached hydrogens (primary N) is 1. The van der Waals surface area contributed by atoms with E-state index in [4.69, 9.17) is 5.73 Å². The number of carbonyl (C=O) groups excluding carboxylic acids is 2. The van der Waals surface area contributed by atoms with E-state index in [1.54, 1.807) is 11.8 Å². The number of benzene rings is 2. The van der Waals surface area contributed by atoms with Crippen molar-refractivity contribution in [1.29, 1.82) is 0 Å². The molecule has 3 rings (SSSR count). The third kappa shape index (κ3) is 5.82. The van der Waals surface area contributed by atoms with Gasteiger partial charge in [0.2, 0.25) is 11.8 Å². The molecule has 2 atom stereocenters. The molecule has 6 nitrogen and oxygen atoms in total. The lowest BCUT2D eigenvalue weighted by atomic mass is 10.1. The predicted molar refractivity (Wildman–Crippen MR) is 108 cm³/mol. The number of anilines is 1. The largest absolute Gasteiger partial charge is 0.351 e. The Bertz CT molecular complexity index is 767. The summed E-state index contributed by atoms with van der Waals surface area (Å²) in [4.78, 5) is 24.9.